The van der Waals surface area contributed by atoms with Crippen LogP contribution in [0.25, 0.3) is 0 Å². The van der Waals surface area contributed by atoms with Crippen molar-refractivity contribution in [3.8, 4) is 0 Å². The molecular weight excluding hydrogens is 209 g/mol. The van der Waals surface area contributed by atoms with Gasteiger partial charge in [-0.2, -0.15) is 0 Å². The van der Waals surface area contributed by atoms with E-state index >= 15 is 0 Å². The summed E-state index contributed by atoms with van der Waals surface area (Å²) in [7, 11) is 0. The number of aromatic nitrogens is 2. The first-order valence-electron chi connectivity index (χ1n) is 5.49. The molecule has 0 saturated carbocycles. The van der Waals surface area contributed by atoms with Crippen molar-refractivity contribution < 1.29 is 4.39 Å². The maximum absolute atomic E-state index is 12.5. The van der Waals surface area contributed by atoms with Crippen LogP contribution in [0.2, 0.25) is 0 Å². The number of anilines is 1. The lowest BCUT2D eigenvalue weighted by Crippen LogP contribution is -2.45. The second kappa shape index (κ2) is 5.72. The molecule has 2 N–H and O–H groups in total. The molecule has 6 heteroatoms. The topological polar surface area (TPSA) is 53.1 Å². The van der Waals surface area contributed by atoms with Gasteiger partial charge in [-0.25, -0.2) is 14.4 Å². The average molecular weight is 225 g/mol. The summed E-state index contributed by atoms with van der Waals surface area (Å²) in [6, 6.07) is 0. The van der Waals surface area contributed by atoms with Crippen LogP contribution in [0.4, 0.5) is 10.3 Å². The molecule has 1 saturated heterocycles. The van der Waals surface area contributed by atoms with Gasteiger partial charge in [-0.1, -0.05) is 0 Å². The lowest BCUT2D eigenvalue weighted by Gasteiger charge is -2.27. The molecule has 5 nitrogen and oxygen atoms in total. The SMILES string of the molecule is Fc1cnc(NCCN2CCNCC2)nc1. The van der Waals surface area contributed by atoms with Crippen LogP contribution < -0.4 is 10.6 Å². The first-order chi connectivity index (χ1) is 7.84. The van der Waals surface area contributed by atoms with Crippen LogP contribution in [0.1, 0.15) is 0 Å². The minimum atomic E-state index is -0.410. The van der Waals surface area contributed by atoms with Crippen LogP contribution in [0.5, 0.6) is 0 Å². The standard InChI is InChI=1S/C10H16FN5/c11-9-7-14-10(15-8-9)13-3-6-16-4-1-12-2-5-16/h7-8,12H,1-6H2,(H,13,14,15). The Hall–Kier alpha value is -1.27. The quantitative estimate of drug-likeness (QED) is 0.751. The Balaban J connectivity index is 1.69. The lowest BCUT2D eigenvalue weighted by molar-refractivity contribution is 0.249. The van der Waals surface area contributed by atoms with Gasteiger partial charge >= 0.3 is 0 Å². The molecule has 1 fully saturated rings. The van der Waals surface area contributed by atoms with E-state index in [0.29, 0.717) is 5.95 Å². The molecule has 1 aliphatic rings. The Morgan fingerprint density at radius 2 is 2.00 bits per heavy atom. The number of halogens is 1. The highest BCUT2D eigenvalue weighted by atomic mass is 19.1. The maximum Gasteiger partial charge on any atom is 0.222 e. The van der Waals surface area contributed by atoms with Crippen LogP contribution in [-0.4, -0.2) is 54.1 Å². The monoisotopic (exact) mass is 225 g/mol. The van der Waals surface area contributed by atoms with Gasteiger partial charge in [0.1, 0.15) is 0 Å². The predicted molar refractivity (Wildman–Crippen MR) is 59.8 cm³/mol. The molecule has 1 aliphatic heterocycles. The van der Waals surface area contributed by atoms with Crippen molar-refractivity contribution in [1.29, 1.82) is 0 Å². The summed E-state index contributed by atoms with van der Waals surface area (Å²) in [5.74, 6) is 0.0733. The van der Waals surface area contributed by atoms with Crippen LogP contribution >= 0.6 is 0 Å². The first kappa shape index (κ1) is 11.2. The highest BCUT2D eigenvalue weighted by molar-refractivity contribution is 5.22. The van der Waals surface area contributed by atoms with Gasteiger partial charge < -0.3 is 10.6 Å². The second-order valence-electron chi connectivity index (χ2n) is 3.74. The third-order valence-electron chi connectivity index (χ3n) is 2.54. The first-order valence-corrected chi connectivity index (χ1v) is 5.49. The van der Waals surface area contributed by atoms with Crippen molar-refractivity contribution in [1.82, 2.24) is 20.2 Å². The normalized spacial score (nSPS) is 17.3. The largest absolute Gasteiger partial charge is 0.353 e. The zero-order valence-electron chi connectivity index (χ0n) is 9.12. The van der Waals surface area contributed by atoms with Crippen molar-refractivity contribution in [2.24, 2.45) is 0 Å². The molecule has 0 amide bonds. The van der Waals surface area contributed by atoms with E-state index in [1.165, 1.54) is 12.4 Å². The van der Waals surface area contributed by atoms with Gasteiger partial charge in [0.15, 0.2) is 5.82 Å². The minimum Gasteiger partial charge on any atom is -0.353 e. The molecule has 2 rings (SSSR count). The van der Waals surface area contributed by atoms with Crippen molar-refractivity contribution in [3.05, 3.63) is 18.2 Å². The molecule has 0 aromatic carbocycles. The minimum absolute atomic E-state index is 0.410. The summed E-state index contributed by atoms with van der Waals surface area (Å²) in [4.78, 5) is 10.0. The van der Waals surface area contributed by atoms with Gasteiger partial charge in [-0.3, -0.25) is 4.90 Å². The molecule has 0 unspecified atom stereocenters. The van der Waals surface area contributed by atoms with Gasteiger partial charge in [0, 0.05) is 39.3 Å². The number of hydrogen-bond donors (Lipinski definition) is 2. The average Bonchev–Trinajstić information content (AvgIpc) is 2.33. The van der Waals surface area contributed by atoms with Crippen molar-refractivity contribution in [2.45, 2.75) is 0 Å². The number of nitrogens with one attached hydrogen (secondary N) is 2. The highest BCUT2D eigenvalue weighted by Crippen LogP contribution is 1.98. The van der Waals surface area contributed by atoms with Gasteiger partial charge in [0.2, 0.25) is 5.95 Å². The Kier molecular flexibility index (Phi) is 4.01. The Morgan fingerprint density at radius 3 is 2.69 bits per heavy atom. The highest BCUT2D eigenvalue weighted by Gasteiger charge is 2.08. The van der Waals surface area contributed by atoms with E-state index in [-0.39, 0.29) is 0 Å². The predicted octanol–water partition coefficient (Wildman–Crippen LogP) is -0.0672. The molecule has 1 aromatic heterocycles. The van der Waals surface area contributed by atoms with Crippen molar-refractivity contribution in [3.63, 3.8) is 0 Å². The summed E-state index contributed by atoms with van der Waals surface area (Å²) in [5, 5.41) is 6.37. The summed E-state index contributed by atoms with van der Waals surface area (Å²) >= 11 is 0. The van der Waals surface area contributed by atoms with Crippen LogP contribution in [0.3, 0.4) is 0 Å². The number of rotatable bonds is 4. The Bertz CT molecular complexity index is 309. The van der Waals surface area contributed by atoms with Gasteiger partial charge in [0.25, 0.3) is 0 Å². The fraction of sp³-hybridized carbons (Fsp3) is 0.600. The Labute approximate surface area is 94.1 Å². The van der Waals surface area contributed by atoms with Gasteiger partial charge in [-0.15, -0.1) is 0 Å². The molecular formula is C10H16FN5. The maximum atomic E-state index is 12.5. The summed E-state index contributed by atoms with van der Waals surface area (Å²) in [6.07, 6.45) is 2.33. The zero-order chi connectivity index (χ0) is 11.2. The molecule has 0 spiro atoms. The van der Waals surface area contributed by atoms with Crippen molar-refractivity contribution >= 4 is 5.95 Å². The summed E-state index contributed by atoms with van der Waals surface area (Å²) < 4.78 is 12.5. The smallest absolute Gasteiger partial charge is 0.222 e. The van der Waals surface area contributed by atoms with E-state index in [1.807, 2.05) is 0 Å². The van der Waals surface area contributed by atoms with Gasteiger partial charge in [-0.05, 0) is 0 Å². The molecule has 88 valence electrons. The zero-order valence-corrected chi connectivity index (χ0v) is 9.12. The summed E-state index contributed by atoms with van der Waals surface area (Å²) in [6.45, 7) is 5.99. The van der Waals surface area contributed by atoms with Gasteiger partial charge in [0.05, 0.1) is 12.4 Å². The van der Waals surface area contributed by atoms with Crippen LogP contribution in [0.15, 0.2) is 12.4 Å². The van der Waals surface area contributed by atoms with Crippen molar-refractivity contribution in [2.75, 3.05) is 44.6 Å². The van der Waals surface area contributed by atoms with E-state index in [2.05, 4.69) is 25.5 Å². The Morgan fingerprint density at radius 1 is 1.31 bits per heavy atom. The third kappa shape index (κ3) is 3.39. The van der Waals surface area contributed by atoms with E-state index in [9.17, 15) is 4.39 Å². The van der Waals surface area contributed by atoms with E-state index < -0.39 is 5.82 Å². The molecule has 0 atom stereocenters. The molecule has 16 heavy (non-hydrogen) atoms. The molecule has 0 radical (unpaired) electrons. The fourth-order valence-corrected chi connectivity index (χ4v) is 1.66. The fourth-order valence-electron chi connectivity index (χ4n) is 1.66. The van der Waals surface area contributed by atoms with E-state index in [1.54, 1.807) is 0 Å². The van der Waals surface area contributed by atoms with E-state index in [0.717, 1.165) is 39.3 Å². The molecule has 0 bridgehead atoms. The third-order valence-corrected chi connectivity index (χ3v) is 2.54. The molecule has 1 aromatic rings. The number of nitrogens with zero attached hydrogens (tertiary/aromatic N) is 3. The summed E-state index contributed by atoms with van der Waals surface area (Å²) in [5.41, 5.74) is 0. The molecule has 2 heterocycles. The van der Waals surface area contributed by atoms with Crippen LogP contribution in [-0.2, 0) is 0 Å². The molecule has 0 aliphatic carbocycles. The van der Waals surface area contributed by atoms with E-state index in [4.69, 9.17) is 0 Å². The number of piperazine rings is 1. The lowest BCUT2D eigenvalue weighted by atomic mass is 10.3. The second-order valence-corrected chi connectivity index (χ2v) is 3.74. The van der Waals surface area contributed by atoms with Crippen LogP contribution in [0, 0.1) is 5.82 Å². The number of hydrogen-bond acceptors (Lipinski definition) is 5.